The standard InChI is InChI=1S/C15H12FN3O3S/c16-10-4-1-3-9(7-10)14-11(8-17)23-15(19-14)18-12(20)5-2-6-13(21)22/h1,3-4,7H,2,5-6H2,(H,21,22)(H,18,19,20). The van der Waals surface area contributed by atoms with Crippen LogP contribution in [0.3, 0.4) is 0 Å². The number of aliphatic carboxylic acids is 1. The van der Waals surface area contributed by atoms with Crippen molar-refractivity contribution < 1.29 is 19.1 Å². The number of nitrogens with zero attached hydrogens (tertiary/aromatic N) is 2. The van der Waals surface area contributed by atoms with E-state index in [4.69, 9.17) is 10.4 Å². The fourth-order valence-electron chi connectivity index (χ4n) is 1.86. The Morgan fingerprint density at radius 3 is 2.83 bits per heavy atom. The van der Waals surface area contributed by atoms with E-state index in [1.165, 1.54) is 18.2 Å². The second kappa shape index (κ2) is 7.47. The average Bonchev–Trinajstić information content (AvgIpc) is 2.89. The van der Waals surface area contributed by atoms with Crippen LogP contribution in [0.25, 0.3) is 11.3 Å². The molecule has 0 atom stereocenters. The summed E-state index contributed by atoms with van der Waals surface area (Å²) in [6, 6.07) is 7.64. The van der Waals surface area contributed by atoms with E-state index in [1.54, 1.807) is 6.07 Å². The van der Waals surface area contributed by atoms with Gasteiger partial charge >= 0.3 is 5.97 Å². The van der Waals surface area contributed by atoms with Crippen molar-refractivity contribution in [1.29, 1.82) is 5.26 Å². The summed E-state index contributed by atoms with van der Waals surface area (Å²) < 4.78 is 13.3. The normalized spacial score (nSPS) is 10.1. The summed E-state index contributed by atoms with van der Waals surface area (Å²) in [7, 11) is 0. The zero-order chi connectivity index (χ0) is 16.8. The molecule has 0 aliphatic carbocycles. The lowest BCUT2D eigenvalue weighted by Gasteiger charge is -2.00. The number of benzene rings is 1. The van der Waals surface area contributed by atoms with Gasteiger partial charge in [0.05, 0.1) is 0 Å². The number of carbonyl (C=O) groups excluding carboxylic acids is 1. The molecule has 0 spiro atoms. The van der Waals surface area contributed by atoms with Crippen molar-refractivity contribution in [3.05, 3.63) is 35.0 Å². The van der Waals surface area contributed by atoms with Gasteiger partial charge in [0.2, 0.25) is 5.91 Å². The number of aromatic nitrogens is 1. The molecule has 1 amide bonds. The molecule has 0 saturated carbocycles. The topological polar surface area (TPSA) is 103 Å². The molecular formula is C15H12FN3O3S. The number of nitriles is 1. The molecule has 0 bridgehead atoms. The van der Waals surface area contributed by atoms with Crippen molar-refractivity contribution in [2.45, 2.75) is 19.3 Å². The van der Waals surface area contributed by atoms with Gasteiger partial charge in [-0.1, -0.05) is 23.5 Å². The first-order chi connectivity index (χ1) is 11.0. The Bertz CT molecular complexity index is 783. The lowest BCUT2D eigenvalue weighted by molar-refractivity contribution is -0.137. The fourth-order valence-corrected chi connectivity index (χ4v) is 2.66. The van der Waals surface area contributed by atoms with Crippen molar-refractivity contribution >= 4 is 28.3 Å². The highest BCUT2D eigenvalue weighted by Gasteiger charge is 2.15. The quantitative estimate of drug-likeness (QED) is 0.846. The second-order valence-corrected chi connectivity index (χ2v) is 5.61. The van der Waals surface area contributed by atoms with Crippen molar-refractivity contribution in [1.82, 2.24) is 4.98 Å². The fraction of sp³-hybridized carbons (Fsp3) is 0.200. The SMILES string of the molecule is N#Cc1sc(NC(=O)CCCC(=O)O)nc1-c1cccc(F)c1. The van der Waals surface area contributed by atoms with Crippen LogP contribution in [0.15, 0.2) is 24.3 Å². The predicted molar refractivity (Wildman–Crippen MR) is 82.3 cm³/mol. The molecule has 23 heavy (non-hydrogen) atoms. The number of nitrogens with one attached hydrogen (secondary N) is 1. The number of halogens is 1. The molecule has 1 aromatic heterocycles. The van der Waals surface area contributed by atoms with Crippen molar-refractivity contribution in [3.8, 4) is 17.3 Å². The smallest absolute Gasteiger partial charge is 0.303 e. The summed E-state index contributed by atoms with van der Waals surface area (Å²) in [5.74, 6) is -1.79. The lowest BCUT2D eigenvalue weighted by Crippen LogP contribution is -2.11. The molecule has 8 heteroatoms. The molecular weight excluding hydrogens is 321 g/mol. The maximum Gasteiger partial charge on any atom is 0.303 e. The van der Waals surface area contributed by atoms with Crippen LogP contribution in [0.5, 0.6) is 0 Å². The van der Waals surface area contributed by atoms with Crippen LogP contribution in [0.2, 0.25) is 0 Å². The summed E-state index contributed by atoms with van der Waals surface area (Å²) in [4.78, 5) is 26.5. The Hall–Kier alpha value is -2.79. The van der Waals surface area contributed by atoms with Crippen LogP contribution in [-0.2, 0) is 9.59 Å². The highest BCUT2D eigenvalue weighted by atomic mass is 32.1. The molecule has 2 N–H and O–H groups in total. The van der Waals surface area contributed by atoms with Crippen LogP contribution in [0.1, 0.15) is 24.1 Å². The minimum atomic E-state index is -0.966. The molecule has 118 valence electrons. The van der Waals surface area contributed by atoms with E-state index in [1.807, 2.05) is 6.07 Å². The zero-order valence-electron chi connectivity index (χ0n) is 11.9. The number of carboxylic acid groups (broad SMARTS) is 1. The maximum atomic E-state index is 13.3. The average molecular weight is 333 g/mol. The Balaban J connectivity index is 2.12. The number of thiazole rings is 1. The second-order valence-electron chi connectivity index (χ2n) is 4.61. The van der Waals surface area contributed by atoms with E-state index >= 15 is 0 Å². The van der Waals surface area contributed by atoms with E-state index in [9.17, 15) is 14.0 Å². The largest absolute Gasteiger partial charge is 0.481 e. The highest BCUT2D eigenvalue weighted by Crippen LogP contribution is 2.30. The predicted octanol–water partition coefficient (Wildman–Crippen LogP) is 3.01. The third-order valence-corrected chi connectivity index (χ3v) is 3.74. The third-order valence-electron chi connectivity index (χ3n) is 2.87. The van der Waals surface area contributed by atoms with E-state index in [0.717, 1.165) is 11.3 Å². The Morgan fingerprint density at radius 1 is 1.39 bits per heavy atom. The summed E-state index contributed by atoms with van der Waals surface area (Å²) >= 11 is 0.985. The van der Waals surface area contributed by atoms with Crippen molar-refractivity contribution in [2.75, 3.05) is 5.32 Å². The Morgan fingerprint density at radius 2 is 2.17 bits per heavy atom. The lowest BCUT2D eigenvalue weighted by atomic mass is 10.1. The summed E-state index contributed by atoms with van der Waals surface area (Å²) in [6.45, 7) is 0. The molecule has 0 fully saturated rings. The minimum Gasteiger partial charge on any atom is -0.481 e. The van der Waals surface area contributed by atoms with E-state index in [0.29, 0.717) is 11.3 Å². The van der Waals surface area contributed by atoms with E-state index in [-0.39, 0.29) is 35.2 Å². The van der Waals surface area contributed by atoms with Gasteiger partial charge < -0.3 is 10.4 Å². The van der Waals surface area contributed by atoms with Gasteiger partial charge in [-0.25, -0.2) is 9.37 Å². The molecule has 2 rings (SSSR count). The van der Waals surface area contributed by atoms with Gasteiger partial charge in [0, 0.05) is 18.4 Å². The van der Waals surface area contributed by atoms with Crippen LogP contribution >= 0.6 is 11.3 Å². The number of hydrogen-bond acceptors (Lipinski definition) is 5. The molecule has 1 aromatic carbocycles. The van der Waals surface area contributed by atoms with Crippen molar-refractivity contribution in [2.24, 2.45) is 0 Å². The maximum absolute atomic E-state index is 13.3. The molecule has 0 radical (unpaired) electrons. The summed E-state index contributed by atoms with van der Waals surface area (Å²) in [5.41, 5.74) is 0.752. The summed E-state index contributed by atoms with van der Waals surface area (Å²) in [6.07, 6.45) is 0.167. The minimum absolute atomic E-state index is 0.0447. The number of carbonyl (C=O) groups is 2. The first-order valence-electron chi connectivity index (χ1n) is 6.68. The van der Waals surface area contributed by atoms with Crippen molar-refractivity contribution in [3.63, 3.8) is 0 Å². The van der Waals surface area contributed by atoms with E-state index < -0.39 is 11.8 Å². The number of anilines is 1. The van der Waals surface area contributed by atoms with Crippen LogP contribution in [-0.4, -0.2) is 22.0 Å². The first kappa shape index (κ1) is 16.6. The number of carboxylic acids is 1. The molecule has 0 aliphatic heterocycles. The van der Waals surface area contributed by atoms with Crippen LogP contribution in [0, 0.1) is 17.1 Å². The highest BCUT2D eigenvalue weighted by molar-refractivity contribution is 7.16. The molecule has 0 aliphatic rings. The number of rotatable bonds is 6. The molecule has 0 saturated heterocycles. The van der Waals surface area contributed by atoms with Gasteiger partial charge in [-0.15, -0.1) is 0 Å². The van der Waals surface area contributed by atoms with E-state index in [2.05, 4.69) is 10.3 Å². The number of amides is 1. The van der Waals surface area contributed by atoms with Gasteiger partial charge in [-0.05, 0) is 18.6 Å². The van der Waals surface area contributed by atoms with Gasteiger partial charge in [0.1, 0.15) is 22.5 Å². The Kier molecular flexibility index (Phi) is 5.38. The van der Waals surface area contributed by atoms with Gasteiger partial charge in [-0.3, -0.25) is 9.59 Å². The zero-order valence-corrected chi connectivity index (χ0v) is 12.7. The van der Waals surface area contributed by atoms with Crippen LogP contribution < -0.4 is 5.32 Å². The monoisotopic (exact) mass is 333 g/mol. The summed E-state index contributed by atoms with van der Waals surface area (Å²) in [5, 5.41) is 20.4. The van der Waals surface area contributed by atoms with Gasteiger partial charge in [0.25, 0.3) is 0 Å². The number of hydrogen-bond donors (Lipinski definition) is 2. The Labute approximate surface area is 135 Å². The first-order valence-corrected chi connectivity index (χ1v) is 7.49. The van der Waals surface area contributed by atoms with Gasteiger partial charge in [-0.2, -0.15) is 5.26 Å². The molecule has 2 aromatic rings. The van der Waals surface area contributed by atoms with Crippen LogP contribution in [0.4, 0.5) is 9.52 Å². The third kappa shape index (κ3) is 4.59. The molecule has 1 heterocycles. The molecule has 6 nitrogen and oxygen atoms in total. The molecule has 0 unspecified atom stereocenters. The van der Waals surface area contributed by atoms with Gasteiger partial charge in [0.15, 0.2) is 5.13 Å².